The summed E-state index contributed by atoms with van der Waals surface area (Å²) in [6.07, 6.45) is 0. The Balaban J connectivity index is 3.06. The Kier molecular flexibility index (Phi) is 2.29. The van der Waals surface area contributed by atoms with Gasteiger partial charge in [0.25, 0.3) is 5.56 Å². The van der Waals surface area contributed by atoms with Crippen LogP contribution in [0.25, 0.3) is 0 Å². The van der Waals surface area contributed by atoms with Crippen LogP contribution in [0.15, 0.2) is 10.9 Å². The molecule has 1 rings (SSSR count). The van der Waals surface area contributed by atoms with Crippen molar-refractivity contribution in [2.45, 2.75) is 0 Å². The van der Waals surface area contributed by atoms with Gasteiger partial charge in [-0.2, -0.15) is 5.10 Å². The predicted molar refractivity (Wildman–Crippen MR) is 43.1 cm³/mol. The fraction of sp³-hybridized carbons (Fsp3) is 0. The van der Waals surface area contributed by atoms with Gasteiger partial charge in [-0.25, -0.2) is 9.89 Å². The highest BCUT2D eigenvalue weighted by atomic mass is 35.5. The van der Waals surface area contributed by atoms with Gasteiger partial charge in [-0.05, 0) is 0 Å². The molecule has 0 aliphatic carbocycles. The SMILES string of the molecule is NC(=O)Nc1cc(Cl)n[nH]c1=O. The zero-order chi connectivity index (χ0) is 9.14. The van der Waals surface area contributed by atoms with Crippen LogP contribution < -0.4 is 16.6 Å². The molecule has 0 radical (unpaired) electrons. The second-order valence-corrected chi connectivity index (χ2v) is 2.31. The number of nitrogens with two attached hydrogens (primary N) is 1. The Labute approximate surface area is 71.7 Å². The second kappa shape index (κ2) is 3.22. The van der Waals surface area contributed by atoms with Crippen molar-refractivity contribution >= 4 is 23.3 Å². The van der Waals surface area contributed by atoms with Gasteiger partial charge in [0.15, 0.2) is 5.15 Å². The zero-order valence-electron chi connectivity index (χ0n) is 5.80. The van der Waals surface area contributed by atoms with Crippen LogP contribution in [0.5, 0.6) is 0 Å². The smallest absolute Gasteiger partial charge is 0.316 e. The number of H-pyrrole nitrogens is 1. The monoisotopic (exact) mass is 188 g/mol. The highest BCUT2D eigenvalue weighted by Crippen LogP contribution is 2.04. The topological polar surface area (TPSA) is 101 Å². The first kappa shape index (κ1) is 8.54. The number of urea groups is 1. The van der Waals surface area contributed by atoms with E-state index in [4.69, 9.17) is 17.3 Å². The van der Waals surface area contributed by atoms with Gasteiger partial charge in [0.1, 0.15) is 5.69 Å². The molecule has 0 saturated carbocycles. The molecule has 0 unspecified atom stereocenters. The standard InChI is InChI=1S/C5H5ClN4O2/c6-3-1-2(8-5(7)12)4(11)10-9-3/h1H,(H,10,11)(H3,7,8,9,12). The van der Waals surface area contributed by atoms with Gasteiger partial charge in [0.05, 0.1) is 0 Å². The number of aromatic amines is 1. The van der Waals surface area contributed by atoms with Crippen molar-refractivity contribution in [1.29, 1.82) is 0 Å². The Morgan fingerprint density at radius 2 is 2.42 bits per heavy atom. The Morgan fingerprint density at radius 3 is 3.00 bits per heavy atom. The number of aromatic nitrogens is 2. The molecule has 64 valence electrons. The lowest BCUT2D eigenvalue weighted by Crippen LogP contribution is -2.24. The number of amides is 2. The molecule has 1 aromatic rings. The van der Waals surface area contributed by atoms with Crippen molar-refractivity contribution in [3.63, 3.8) is 0 Å². The molecule has 0 aromatic carbocycles. The first-order valence-electron chi connectivity index (χ1n) is 2.91. The molecule has 12 heavy (non-hydrogen) atoms. The fourth-order valence-corrected chi connectivity index (χ4v) is 0.758. The fourth-order valence-electron chi connectivity index (χ4n) is 0.607. The highest BCUT2D eigenvalue weighted by Gasteiger charge is 2.02. The highest BCUT2D eigenvalue weighted by molar-refractivity contribution is 6.29. The molecular weight excluding hydrogens is 184 g/mol. The summed E-state index contributed by atoms with van der Waals surface area (Å²) >= 11 is 5.43. The molecule has 1 heterocycles. The minimum absolute atomic E-state index is 0.0255. The summed E-state index contributed by atoms with van der Waals surface area (Å²) in [4.78, 5) is 21.2. The third-order valence-electron chi connectivity index (χ3n) is 1.03. The maximum atomic E-state index is 10.9. The summed E-state index contributed by atoms with van der Waals surface area (Å²) in [5, 5.41) is 7.60. The van der Waals surface area contributed by atoms with Crippen molar-refractivity contribution in [1.82, 2.24) is 10.2 Å². The normalized spacial score (nSPS) is 9.42. The Hall–Kier alpha value is -1.56. The van der Waals surface area contributed by atoms with E-state index in [0.717, 1.165) is 0 Å². The Bertz CT molecular complexity index is 361. The number of nitrogens with one attached hydrogen (secondary N) is 2. The lowest BCUT2D eigenvalue weighted by atomic mass is 10.5. The van der Waals surface area contributed by atoms with E-state index in [1.165, 1.54) is 6.07 Å². The van der Waals surface area contributed by atoms with E-state index in [1.807, 2.05) is 0 Å². The van der Waals surface area contributed by atoms with Crippen LogP contribution >= 0.6 is 11.6 Å². The summed E-state index contributed by atoms with van der Waals surface area (Å²) in [7, 11) is 0. The molecule has 0 aliphatic heterocycles. The van der Waals surface area contributed by atoms with Crippen LogP contribution in [0.2, 0.25) is 5.15 Å². The van der Waals surface area contributed by atoms with Crippen LogP contribution in [0, 0.1) is 0 Å². The van der Waals surface area contributed by atoms with Gasteiger partial charge in [-0.3, -0.25) is 4.79 Å². The number of hydrogen-bond acceptors (Lipinski definition) is 3. The van der Waals surface area contributed by atoms with Crippen LogP contribution in [0.3, 0.4) is 0 Å². The van der Waals surface area contributed by atoms with Gasteiger partial charge in [-0.1, -0.05) is 11.6 Å². The average molecular weight is 189 g/mol. The van der Waals surface area contributed by atoms with E-state index in [9.17, 15) is 9.59 Å². The first-order chi connectivity index (χ1) is 5.59. The summed E-state index contributed by atoms with van der Waals surface area (Å²) in [6.45, 7) is 0. The van der Waals surface area contributed by atoms with E-state index in [2.05, 4.69) is 15.5 Å². The van der Waals surface area contributed by atoms with E-state index in [0.29, 0.717) is 0 Å². The lowest BCUT2D eigenvalue weighted by Gasteiger charge is -1.98. The molecule has 6 nitrogen and oxygen atoms in total. The third kappa shape index (κ3) is 1.96. The van der Waals surface area contributed by atoms with Gasteiger partial charge in [0.2, 0.25) is 0 Å². The molecule has 7 heteroatoms. The molecule has 2 amide bonds. The van der Waals surface area contributed by atoms with E-state index in [1.54, 1.807) is 0 Å². The molecular formula is C5H5ClN4O2. The maximum Gasteiger partial charge on any atom is 0.316 e. The van der Waals surface area contributed by atoms with Crippen LogP contribution in [-0.2, 0) is 0 Å². The van der Waals surface area contributed by atoms with Gasteiger partial charge in [-0.15, -0.1) is 0 Å². The molecule has 0 saturated heterocycles. The number of halogens is 1. The quantitative estimate of drug-likeness (QED) is 0.574. The summed E-state index contributed by atoms with van der Waals surface area (Å²) < 4.78 is 0. The number of nitrogens with zero attached hydrogens (tertiary/aromatic N) is 1. The molecule has 0 atom stereocenters. The number of hydrogen-bond donors (Lipinski definition) is 3. The third-order valence-corrected chi connectivity index (χ3v) is 1.22. The minimum atomic E-state index is -0.831. The molecule has 0 aliphatic rings. The number of anilines is 1. The predicted octanol–water partition coefficient (Wildman–Crippen LogP) is -0.0861. The first-order valence-corrected chi connectivity index (χ1v) is 3.29. The molecule has 0 spiro atoms. The summed E-state index contributed by atoms with van der Waals surface area (Å²) in [5.41, 5.74) is 4.19. The van der Waals surface area contributed by atoms with E-state index in [-0.39, 0.29) is 10.8 Å². The van der Waals surface area contributed by atoms with Crippen molar-refractivity contribution in [3.05, 3.63) is 21.6 Å². The summed E-state index contributed by atoms with van der Waals surface area (Å²) in [6, 6.07) is 0.369. The lowest BCUT2D eigenvalue weighted by molar-refractivity contribution is 0.259. The Morgan fingerprint density at radius 1 is 1.75 bits per heavy atom. The van der Waals surface area contributed by atoms with Crippen molar-refractivity contribution in [2.24, 2.45) is 5.73 Å². The van der Waals surface area contributed by atoms with Crippen LogP contribution in [0.4, 0.5) is 10.5 Å². The number of primary amides is 1. The van der Waals surface area contributed by atoms with Gasteiger partial charge < -0.3 is 11.1 Å². The molecule has 1 aromatic heterocycles. The molecule has 4 N–H and O–H groups in total. The van der Waals surface area contributed by atoms with Crippen molar-refractivity contribution in [2.75, 3.05) is 5.32 Å². The number of carbonyl (C=O) groups excluding carboxylic acids is 1. The van der Waals surface area contributed by atoms with Crippen molar-refractivity contribution in [3.8, 4) is 0 Å². The minimum Gasteiger partial charge on any atom is -0.351 e. The van der Waals surface area contributed by atoms with Crippen LogP contribution in [-0.4, -0.2) is 16.2 Å². The zero-order valence-corrected chi connectivity index (χ0v) is 6.55. The van der Waals surface area contributed by atoms with Crippen LogP contribution in [0.1, 0.15) is 0 Å². The molecule has 0 bridgehead atoms. The molecule has 0 fully saturated rings. The second-order valence-electron chi connectivity index (χ2n) is 1.92. The average Bonchev–Trinajstić information content (AvgIpc) is 1.96. The maximum absolute atomic E-state index is 10.9. The van der Waals surface area contributed by atoms with E-state index >= 15 is 0 Å². The van der Waals surface area contributed by atoms with Gasteiger partial charge in [0, 0.05) is 6.07 Å². The number of carbonyl (C=O) groups is 1. The van der Waals surface area contributed by atoms with Crippen molar-refractivity contribution < 1.29 is 4.79 Å². The summed E-state index contributed by atoms with van der Waals surface area (Å²) in [5.74, 6) is 0. The largest absolute Gasteiger partial charge is 0.351 e. The van der Waals surface area contributed by atoms with E-state index < -0.39 is 11.6 Å². The van der Waals surface area contributed by atoms with Gasteiger partial charge >= 0.3 is 6.03 Å². The number of rotatable bonds is 1.